The topological polar surface area (TPSA) is 30.5 Å². The Kier molecular flexibility index (Phi) is 3.89. The molecule has 1 aromatic carbocycles. The lowest BCUT2D eigenvalue weighted by atomic mass is 9.98. The number of ether oxygens (including phenoxy) is 2. The van der Waals surface area contributed by atoms with Crippen molar-refractivity contribution in [3.63, 3.8) is 0 Å². The molecule has 1 aliphatic rings. The van der Waals surface area contributed by atoms with E-state index in [0.717, 1.165) is 24.6 Å². The van der Waals surface area contributed by atoms with E-state index >= 15 is 0 Å². The van der Waals surface area contributed by atoms with Crippen molar-refractivity contribution in [3.05, 3.63) is 23.8 Å². The van der Waals surface area contributed by atoms with E-state index in [4.69, 9.17) is 9.47 Å². The van der Waals surface area contributed by atoms with Crippen molar-refractivity contribution in [2.45, 2.75) is 27.3 Å². The summed E-state index contributed by atoms with van der Waals surface area (Å²) in [6.45, 7) is 8.99. The Labute approximate surface area is 103 Å². The van der Waals surface area contributed by atoms with Gasteiger partial charge in [-0.25, -0.2) is 0 Å². The summed E-state index contributed by atoms with van der Waals surface area (Å²) in [6.07, 6.45) is 0. The molecular weight excluding hydrogens is 214 g/mol. The lowest BCUT2D eigenvalue weighted by molar-refractivity contribution is 0.173. The third-order valence-electron chi connectivity index (χ3n) is 3.40. The van der Waals surface area contributed by atoms with Crippen molar-refractivity contribution in [2.75, 3.05) is 13.3 Å². The predicted octanol–water partition coefficient (Wildman–Crippen LogP) is 2.80. The second-order valence-corrected chi connectivity index (χ2v) is 5.00. The summed E-state index contributed by atoms with van der Waals surface area (Å²) in [6, 6.07) is 6.04. The second kappa shape index (κ2) is 5.41. The van der Waals surface area contributed by atoms with E-state index < -0.39 is 0 Å². The molecule has 1 aromatic rings. The summed E-state index contributed by atoms with van der Waals surface area (Å²) in [5.74, 6) is 3.16. The molecule has 0 aromatic heterocycles. The lowest BCUT2D eigenvalue weighted by Gasteiger charge is -2.16. The number of rotatable bonds is 5. The van der Waals surface area contributed by atoms with Gasteiger partial charge in [0.2, 0.25) is 6.79 Å². The van der Waals surface area contributed by atoms with Crippen molar-refractivity contribution in [3.8, 4) is 11.5 Å². The SMILES string of the molecule is CC(C)C(C)CNCc1cccc2c1OCO2. The zero-order valence-electron chi connectivity index (χ0n) is 10.8. The first-order valence-electron chi connectivity index (χ1n) is 6.26. The third kappa shape index (κ3) is 2.91. The lowest BCUT2D eigenvalue weighted by Crippen LogP contribution is -2.23. The summed E-state index contributed by atoms with van der Waals surface area (Å²) in [4.78, 5) is 0. The first kappa shape index (κ1) is 12.2. The monoisotopic (exact) mass is 235 g/mol. The number of hydrogen-bond acceptors (Lipinski definition) is 3. The number of nitrogens with one attached hydrogen (secondary N) is 1. The molecule has 0 aliphatic carbocycles. The van der Waals surface area contributed by atoms with Crippen LogP contribution in [0.25, 0.3) is 0 Å². The first-order valence-corrected chi connectivity index (χ1v) is 6.26. The van der Waals surface area contributed by atoms with Crippen LogP contribution in [0.5, 0.6) is 11.5 Å². The van der Waals surface area contributed by atoms with Gasteiger partial charge in [-0.2, -0.15) is 0 Å². The Morgan fingerprint density at radius 3 is 2.82 bits per heavy atom. The maximum atomic E-state index is 5.47. The van der Waals surface area contributed by atoms with E-state index in [1.54, 1.807) is 0 Å². The minimum Gasteiger partial charge on any atom is -0.454 e. The summed E-state index contributed by atoms with van der Waals surface area (Å²) < 4.78 is 10.8. The van der Waals surface area contributed by atoms with E-state index in [1.807, 2.05) is 12.1 Å². The van der Waals surface area contributed by atoms with E-state index in [1.165, 1.54) is 5.56 Å². The standard InChI is InChI=1S/C14H21NO2/c1-10(2)11(3)7-15-8-12-5-4-6-13-14(12)17-9-16-13/h4-6,10-11,15H,7-9H2,1-3H3. The Balaban J connectivity index is 1.90. The van der Waals surface area contributed by atoms with Crippen molar-refractivity contribution in [1.29, 1.82) is 0 Å². The van der Waals surface area contributed by atoms with Crippen LogP contribution < -0.4 is 14.8 Å². The zero-order chi connectivity index (χ0) is 12.3. The molecule has 0 spiro atoms. The van der Waals surface area contributed by atoms with Crippen LogP contribution in [0.15, 0.2) is 18.2 Å². The Morgan fingerprint density at radius 1 is 1.24 bits per heavy atom. The molecule has 1 unspecified atom stereocenters. The maximum Gasteiger partial charge on any atom is 0.231 e. The van der Waals surface area contributed by atoms with Gasteiger partial charge in [0, 0.05) is 12.1 Å². The fourth-order valence-electron chi connectivity index (χ4n) is 1.80. The molecule has 2 rings (SSSR count). The van der Waals surface area contributed by atoms with Gasteiger partial charge in [0.1, 0.15) is 0 Å². The average Bonchev–Trinajstić information content (AvgIpc) is 2.77. The third-order valence-corrected chi connectivity index (χ3v) is 3.40. The van der Waals surface area contributed by atoms with Gasteiger partial charge < -0.3 is 14.8 Å². The van der Waals surface area contributed by atoms with Crippen molar-refractivity contribution >= 4 is 0 Å². The highest BCUT2D eigenvalue weighted by atomic mass is 16.7. The summed E-state index contributed by atoms with van der Waals surface area (Å²) >= 11 is 0. The molecule has 1 N–H and O–H groups in total. The summed E-state index contributed by atoms with van der Waals surface area (Å²) in [7, 11) is 0. The maximum absolute atomic E-state index is 5.47. The van der Waals surface area contributed by atoms with Crippen LogP contribution in [-0.4, -0.2) is 13.3 Å². The minimum absolute atomic E-state index is 0.342. The smallest absolute Gasteiger partial charge is 0.231 e. The highest BCUT2D eigenvalue weighted by Crippen LogP contribution is 2.35. The number of fused-ring (bicyclic) bond motifs is 1. The van der Waals surface area contributed by atoms with E-state index in [-0.39, 0.29) is 0 Å². The van der Waals surface area contributed by atoms with Gasteiger partial charge in [-0.1, -0.05) is 32.9 Å². The van der Waals surface area contributed by atoms with Gasteiger partial charge in [-0.05, 0) is 24.4 Å². The highest BCUT2D eigenvalue weighted by molar-refractivity contribution is 5.48. The largest absolute Gasteiger partial charge is 0.454 e. The molecular formula is C14H21NO2. The zero-order valence-corrected chi connectivity index (χ0v) is 10.8. The molecule has 1 heterocycles. The fourth-order valence-corrected chi connectivity index (χ4v) is 1.80. The van der Waals surface area contributed by atoms with Gasteiger partial charge in [-0.15, -0.1) is 0 Å². The number of benzene rings is 1. The summed E-state index contributed by atoms with van der Waals surface area (Å²) in [5, 5.41) is 3.48. The van der Waals surface area contributed by atoms with Gasteiger partial charge in [-0.3, -0.25) is 0 Å². The Morgan fingerprint density at radius 2 is 2.06 bits per heavy atom. The molecule has 0 saturated carbocycles. The molecule has 3 nitrogen and oxygen atoms in total. The van der Waals surface area contributed by atoms with Gasteiger partial charge in [0.15, 0.2) is 11.5 Å². The van der Waals surface area contributed by atoms with Crippen LogP contribution in [0.3, 0.4) is 0 Å². The van der Waals surface area contributed by atoms with E-state index in [9.17, 15) is 0 Å². The normalized spacial score (nSPS) is 15.3. The van der Waals surface area contributed by atoms with Gasteiger partial charge in [0.25, 0.3) is 0 Å². The number of para-hydroxylation sites is 1. The van der Waals surface area contributed by atoms with E-state index in [2.05, 4.69) is 32.2 Å². The number of hydrogen-bond donors (Lipinski definition) is 1. The molecule has 1 aliphatic heterocycles. The molecule has 0 amide bonds. The molecule has 17 heavy (non-hydrogen) atoms. The van der Waals surface area contributed by atoms with Gasteiger partial charge >= 0.3 is 0 Å². The van der Waals surface area contributed by atoms with Crippen LogP contribution in [0.2, 0.25) is 0 Å². The molecule has 0 fully saturated rings. The minimum atomic E-state index is 0.342. The first-order chi connectivity index (χ1) is 8.18. The van der Waals surface area contributed by atoms with E-state index in [0.29, 0.717) is 18.6 Å². The predicted molar refractivity (Wildman–Crippen MR) is 68.3 cm³/mol. The molecule has 0 bridgehead atoms. The molecule has 0 radical (unpaired) electrons. The van der Waals surface area contributed by atoms with Gasteiger partial charge in [0.05, 0.1) is 0 Å². The summed E-state index contributed by atoms with van der Waals surface area (Å²) in [5.41, 5.74) is 1.18. The van der Waals surface area contributed by atoms with Crippen LogP contribution in [0.1, 0.15) is 26.3 Å². The van der Waals surface area contributed by atoms with Crippen LogP contribution >= 0.6 is 0 Å². The Bertz CT molecular complexity index is 376. The van der Waals surface area contributed by atoms with Crippen molar-refractivity contribution < 1.29 is 9.47 Å². The van der Waals surface area contributed by atoms with Crippen LogP contribution in [-0.2, 0) is 6.54 Å². The Hall–Kier alpha value is -1.22. The van der Waals surface area contributed by atoms with Crippen molar-refractivity contribution in [2.24, 2.45) is 11.8 Å². The molecule has 3 heteroatoms. The molecule has 94 valence electrons. The highest BCUT2D eigenvalue weighted by Gasteiger charge is 2.16. The van der Waals surface area contributed by atoms with Crippen LogP contribution in [0.4, 0.5) is 0 Å². The average molecular weight is 235 g/mol. The quantitative estimate of drug-likeness (QED) is 0.851. The molecule has 0 saturated heterocycles. The second-order valence-electron chi connectivity index (χ2n) is 5.00. The molecule has 1 atom stereocenters. The van der Waals surface area contributed by atoms with Crippen molar-refractivity contribution in [1.82, 2.24) is 5.32 Å². The fraction of sp³-hybridized carbons (Fsp3) is 0.571. The van der Waals surface area contributed by atoms with Crippen LogP contribution in [0, 0.1) is 11.8 Å².